The van der Waals surface area contributed by atoms with Crippen molar-refractivity contribution in [3.63, 3.8) is 0 Å². The highest BCUT2D eigenvalue weighted by Gasteiger charge is 2.03. The SMILES string of the molecule is CC=C1C=CC=CC1O. The van der Waals surface area contributed by atoms with E-state index in [1.807, 2.05) is 31.2 Å². The molecule has 1 N–H and O–H groups in total. The second-order valence-corrected chi connectivity index (χ2v) is 1.98. The van der Waals surface area contributed by atoms with E-state index < -0.39 is 0 Å². The molecule has 0 amide bonds. The summed E-state index contributed by atoms with van der Waals surface area (Å²) in [4.78, 5) is 0. The molecular formula is C8H10O. The number of aliphatic hydroxyl groups excluding tert-OH is 1. The van der Waals surface area contributed by atoms with Gasteiger partial charge in [-0.3, -0.25) is 0 Å². The molecule has 0 aliphatic heterocycles. The Morgan fingerprint density at radius 1 is 1.56 bits per heavy atom. The first kappa shape index (κ1) is 6.30. The van der Waals surface area contributed by atoms with Crippen molar-refractivity contribution in [2.24, 2.45) is 0 Å². The van der Waals surface area contributed by atoms with Crippen molar-refractivity contribution in [3.8, 4) is 0 Å². The van der Waals surface area contributed by atoms with Crippen LogP contribution in [0.3, 0.4) is 0 Å². The predicted octanol–water partition coefficient (Wildman–Crippen LogP) is 1.42. The van der Waals surface area contributed by atoms with Gasteiger partial charge < -0.3 is 5.11 Å². The molecule has 0 aromatic heterocycles. The highest BCUT2D eigenvalue weighted by molar-refractivity contribution is 5.33. The van der Waals surface area contributed by atoms with Gasteiger partial charge in [0.1, 0.15) is 0 Å². The first-order valence-corrected chi connectivity index (χ1v) is 3.03. The van der Waals surface area contributed by atoms with Crippen LogP contribution >= 0.6 is 0 Å². The van der Waals surface area contributed by atoms with E-state index in [-0.39, 0.29) is 6.10 Å². The van der Waals surface area contributed by atoms with Crippen molar-refractivity contribution in [2.45, 2.75) is 13.0 Å². The van der Waals surface area contributed by atoms with Crippen LogP contribution < -0.4 is 0 Å². The van der Waals surface area contributed by atoms with Crippen LogP contribution in [0.4, 0.5) is 0 Å². The molecular weight excluding hydrogens is 112 g/mol. The maximum absolute atomic E-state index is 9.16. The van der Waals surface area contributed by atoms with E-state index in [2.05, 4.69) is 0 Å². The summed E-state index contributed by atoms with van der Waals surface area (Å²) in [5.41, 5.74) is 0.970. The second kappa shape index (κ2) is 2.65. The Hall–Kier alpha value is -0.820. The van der Waals surface area contributed by atoms with E-state index in [1.54, 1.807) is 6.08 Å². The van der Waals surface area contributed by atoms with Gasteiger partial charge in [-0.25, -0.2) is 0 Å². The third kappa shape index (κ3) is 1.30. The van der Waals surface area contributed by atoms with Crippen LogP contribution in [-0.4, -0.2) is 11.2 Å². The Kier molecular flexibility index (Phi) is 1.85. The van der Waals surface area contributed by atoms with Crippen LogP contribution in [0.15, 0.2) is 36.0 Å². The quantitative estimate of drug-likeness (QED) is 0.515. The number of rotatable bonds is 0. The van der Waals surface area contributed by atoms with E-state index in [1.165, 1.54) is 0 Å². The lowest BCUT2D eigenvalue weighted by Crippen LogP contribution is -2.05. The largest absolute Gasteiger partial charge is 0.384 e. The summed E-state index contributed by atoms with van der Waals surface area (Å²) < 4.78 is 0. The molecule has 0 aromatic carbocycles. The summed E-state index contributed by atoms with van der Waals surface area (Å²) in [5.74, 6) is 0. The molecule has 1 heteroatoms. The summed E-state index contributed by atoms with van der Waals surface area (Å²) >= 11 is 0. The smallest absolute Gasteiger partial charge is 0.0971 e. The second-order valence-electron chi connectivity index (χ2n) is 1.98. The van der Waals surface area contributed by atoms with Crippen LogP contribution in [0, 0.1) is 0 Å². The molecule has 0 saturated carbocycles. The van der Waals surface area contributed by atoms with Crippen LogP contribution in [0.1, 0.15) is 6.92 Å². The van der Waals surface area contributed by atoms with Crippen molar-refractivity contribution in [2.75, 3.05) is 0 Å². The average molecular weight is 122 g/mol. The van der Waals surface area contributed by atoms with Gasteiger partial charge in [0.2, 0.25) is 0 Å². The maximum atomic E-state index is 9.16. The molecule has 0 radical (unpaired) electrons. The third-order valence-electron chi connectivity index (χ3n) is 1.37. The van der Waals surface area contributed by atoms with Crippen LogP contribution in [-0.2, 0) is 0 Å². The lowest BCUT2D eigenvalue weighted by molar-refractivity contribution is 0.262. The first-order valence-electron chi connectivity index (χ1n) is 3.03. The number of hydrogen-bond acceptors (Lipinski definition) is 1. The Bertz CT molecular complexity index is 175. The Labute approximate surface area is 55.0 Å². The van der Waals surface area contributed by atoms with E-state index in [0.717, 1.165) is 5.57 Å². The normalized spacial score (nSPS) is 29.6. The minimum Gasteiger partial charge on any atom is -0.384 e. The maximum Gasteiger partial charge on any atom is 0.0971 e. The van der Waals surface area contributed by atoms with Gasteiger partial charge in [0.05, 0.1) is 6.10 Å². The monoisotopic (exact) mass is 122 g/mol. The summed E-state index contributed by atoms with van der Waals surface area (Å²) in [5, 5.41) is 9.16. The van der Waals surface area contributed by atoms with Gasteiger partial charge >= 0.3 is 0 Å². The zero-order valence-corrected chi connectivity index (χ0v) is 5.41. The third-order valence-corrected chi connectivity index (χ3v) is 1.37. The van der Waals surface area contributed by atoms with E-state index >= 15 is 0 Å². The molecule has 0 spiro atoms. The first-order chi connectivity index (χ1) is 4.34. The minimum atomic E-state index is -0.389. The van der Waals surface area contributed by atoms with E-state index in [0.29, 0.717) is 0 Å². The Morgan fingerprint density at radius 3 is 2.78 bits per heavy atom. The van der Waals surface area contributed by atoms with Gasteiger partial charge in [-0.15, -0.1) is 0 Å². The summed E-state index contributed by atoms with van der Waals surface area (Å²) in [6.45, 7) is 1.92. The molecule has 1 aliphatic carbocycles. The lowest BCUT2D eigenvalue weighted by atomic mass is 10.1. The molecule has 1 unspecified atom stereocenters. The Morgan fingerprint density at radius 2 is 2.33 bits per heavy atom. The zero-order valence-electron chi connectivity index (χ0n) is 5.41. The fourth-order valence-electron chi connectivity index (χ4n) is 0.813. The molecule has 48 valence electrons. The molecule has 1 atom stereocenters. The molecule has 0 saturated heterocycles. The number of hydrogen-bond donors (Lipinski definition) is 1. The molecule has 0 bridgehead atoms. The highest BCUT2D eigenvalue weighted by Crippen LogP contribution is 2.09. The molecule has 1 rings (SSSR count). The molecule has 9 heavy (non-hydrogen) atoms. The standard InChI is InChI=1S/C8H10O/c1-2-7-5-3-4-6-8(7)9/h2-6,8-9H,1H3. The number of allylic oxidation sites excluding steroid dienone is 3. The van der Waals surface area contributed by atoms with Crippen LogP contribution in [0.25, 0.3) is 0 Å². The van der Waals surface area contributed by atoms with Crippen molar-refractivity contribution in [1.29, 1.82) is 0 Å². The predicted molar refractivity (Wildman–Crippen MR) is 38.0 cm³/mol. The van der Waals surface area contributed by atoms with Crippen LogP contribution in [0.2, 0.25) is 0 Å². The van der Waals surface area contributed by atoms with Gasteiger partial charge in [-0.05, 0) is 12.5 Å². The van der Waals surface area contributed by atoms with Crippen molar-refractivity contribution in [1.82, 2.24) is 0 Å². The topological polar surface area (TPSA) is 20.2 Å². The van der Waals surface area contributed by atoms with Gasteiger partial charge in [-0.1, -0.05) is 30.4 Å². The zero-order chi connectivity index (χ0) is 6.69. The molecule has 0 aromatic rings. The minimum absolute atomic E-state index is 0.389. The van der Waals surface area contributed by atoms with Crippen molar-refractivity contribution in [3.05, 3.63) is 36.0 Å². The highest BCUT2D eigenvalue weighted by atomic mass is 16.3. The molecule has 0 heterocycles. The summed E-state index contributed by atoms with van der Waals surface area (Å²) in [6.07, 6.45) is 8.95. The van der Waals surface area contributed by atoms with Crippen molar-refractivity contribution >= 4 is 0 Å². The summed E-state index contributed by atoms with van der Waals surface area (Å²) in [6, 6.07) is 0. The fraction of sp³-hybridized carbons (Fsp3) is 0.250. The van der Waals surface area contributed by atoms with E-state index in [4.69, 9.17) is 5.11 Å². The van der Waals surface area contributed by atoms with Crippen molar-refractivity contribution < 1.29 is 5.11 Å². The average Bonchev–Trinajstić information content (AvgIpc) is 1.89. The lowest BCUT2D eigenvalue weighted by Gasteiger charge is -2.08. The van der Waals surface area contributed by atoms with E-state index in [9.17, 15) is 0 Å². The van der Waals surface area contributed by atoms with Gasteiger partial charge in [0.25, 0.3) is 0 Å². The Balaban J connectivity index is 2.78. The molecule has 1 aliphatic rings. The van der Waals surface area contributed by atoms with Gasteiger partial charge in [0, 0.05) is 0 Å². The fourth-order valence-corrected chi connectivity index (χ4v) is 0.813. The van der Waals surface area contributed by atoms with Gasteiger partial charge in [-0.2, -0.15) is 0 Å². The summed E-state index contributed by atoms with van der Waals surface area (Å²) in [7, 11) is 0. The number of aliphatic hydroxyl groups is 1. The van der Waals surface area contributed by atoms with Gasteiger partial charge in [0.15, 0.2) is 0 Å². The van der Waals surface area contributed by atoms with Crippen LogP contribution in [0.5, 0.6) is 0 Å². The molecule has 1 nitrogen and oxygen atoms in total. The molecule has 0 fully saturated rings.